The summed E-state index contributed by atoms with van der Waals surface area (Å²) in [6, 6.07) is 4.51. The van der Waals surface area contributed by atoms with Gasteiger partial charge in [-0.1, -0.05) is 17.7 Å². The number of nitrogens with zero attached hydrogens (tertiary/aromatic N) is 1. The molecular formula is C13H15ClFNO2. The predicted octanol–water partition coefficient (Wildman–Crippen LogP) is 2.77. The zero-order chi connectivity index (χ0) is 13.3. The number of hydrogen-bond acceptors (Lipinski definition) is 2. The Morgan fingerprint density at radius 2 is 2.33 bits per heavy atom. The number of aliphatic carboxylic acids is 1. The Balaban J connectivity index is 2.09. The van der Waals surface area contributed by atoms with Crippen molar-refractivity contribution in [1.29, 1.82) is 0 Å². The van der Waals surface area contributed by atoms with E-state index in [1.807, 2.05) is 11.8 Å². The van der Waals surface area contributed by atoms with E-state index in [1.165, 1.54) is 6.07 Å². The summed E-state index contributed by atoms with van der Waals surface area (Å²) < 4.78 is 13.7. The number of carbonyl (C=O) groups is 1. The number of hydrogen-bond donors (Lipinski definition) is 1. The first-order valence-corrected chi connectivity index (χ1v) is 6.27. The van der Waals surface area contributed by atoms with Crippen molar-refractivity contribution in [2.24, 2.45) is 5.92 Å². The van der Waals surface area contributed by atoms with Gasteiger partial charge < -0.3 is 5.11 Å². The van der Waals surface area contributed by atoms with E-state index < -0.39 is 5.97 Å². The van der Waals surface area contributed by atoms with Crippen molar-refractivity contribution in [3.8, 4) is 0 Å². The molecule has 2 rings (SSSR count). The molecule has 1 fully saturated rings. The largest absolute Gasteiger partial charge is 0.481 e. The molecule has 2 unspecified atom stereocenters. The minimum Gasteiger partial charge on any atom is -0.481 e. The first kappa shape index (κ1) is 13.3. The minimum absolute atomic E-state index is 0.0717. The molecule has 1 aromatic carbocycles. The van der Waals surface area contributed by atoms with Crippen LogP contribution in [0.4, 0.5) is 4.39 Å². The lowest BCUT2D eigenvalue weighted by atomic mass is 10.0. The summed E-state index contributed by atoms with van der Waals surface area (Å²) in [6.45, 7) is 2.98. The molecule has 1 saturated heterocycles. The Morgan fingerprint density at radius 3 is 2.89 bits per heavy atom. The average Bonchev–Trinajstić information content (AvgIpc) is 2.64. The van der Waals surface area contributed by atoms with Gasteiger partial charge in [0, 0.05) is 23.2 Å². The average molecular weight is 272 g/mol. The van der Waals surface area contributed by atoms with E-state index in [2.05, 4.69) is 0 Å². The fourth-order valence-electron chi connectivity index (χ4n) is 2.43. The summed E-state index contributed by atoms with van der Waals surface area (Å²) in [5, 5.41) is 9.41. The Bertz CT molecular complexity index is 466. The molecule has 1 aliphatic rings. The van der Waals surface area contributed by atoms with Crippen LogP contribution in [0, 0.1) is 11.7 Å². The Labute approximate surface area is 110 Å². The fraction of sp³-hybridized carbons (Fsp3) is 0.462. The first-order valence-electron chi connectivity index (χ1n) is 5.90. The van der Waals surface area contributed by atoms with Gasteiger partial charge >= 0.3 is 5.97 Å². The summed E-state index contributed by atoms with van der Waals surface area (Å²) in [4.78, 5) is 13.0. The lowest BCUT2D eigenvalue weighted by Crippen LogP contribution is -2.32. The van der Waals surface area contributed by atoms with Crippen molar-refractivity contribution in [2.75, 3.05) is 6.54 Å². The van der Waals surface area contributed by atoms with Crippen LogP contribution in [-0.2, 0) is 11.3 Å². The lowest BCUT2D eigenvalue weighted by Gasteiger charge is -2.23. The van der Waals surface area contributed by atoms with Gasteiger partial charge in [0.05, 0.1) is 5.92 Å². The normalized spacial score (nSPS) is 24.4. The van der Waals surface area contributed by atoms with Crippen LogP contribution in [0.15, 0.2) is 18.2 Å². The molecule has 1 heterocycles. The van der Waals surface area contributed by atoms with Crippen LogP contribution in [0.1, 0.15) is 18.9 Å². The number of carboxylic acids is 1. The van der Waals surface area contributed by atoms with Gasteiger partial charge in [-0.15, -0.1) is 0 Å². The van der Waals surface area contributed by atoms with Crippen molar-refractivity contribution in [1.82, 2.24) is 4.90 Å². The van der Waals surface area contributed by atoms with E-state index in [4.69, 9.17) is 16.7 Å². The van der Waals surface area contributed by atoms with Crippen LogP contribution >= 0.6 is 11.6 Å². The second-order valence-corrected chi connectivity index (χ2v) is 5.12. The van der Waals surface area contributed by atoms with Gasteiger partial charge in [-0.2, -0.15) is 0 Å². The molecule has 5 heteroatoms. The molecule has 3 nitrogen and oxygen atoms in total. The molecule has 0 saturated carbocycles. The van der Waals surface area contributed by atoms with E-state index >= 15 is 0 Å². The van der Waals surface area contributed by atoms with Gasteiger partial charge in [-0.05, 0) is 32.0 Å². The molecule has 1 aromatic rings. The van der Waals surface area contributed by atoms with Crippen LogP contribution < -0.4 is 0 Å². The third-order valence-corrected chi connectivity index (χ3v) is 3.83. The number of likely N-dealkylation sites (tertiary alicyclic amines) is 1. The van der Waals surface area contributed by atoms with Gasteiger partial charge in [0.15, 0.2) is 0 Å². The maximum Gasteiger partial charge on any atom is 0.308 e. The monoisotopic (exact) mass is 271 g/mol. The van der Waals surface area contributed by atoms with Crippen LogP contribution in [0.2, 0.25) is 5.02 Å². The molecule has 1 N–H and O–H groups in total. The summed E-state index contributed by atoms with van der Waals surface area (Å²) in [5.74, 6) is -1.48. The van der Waals surface area contributed by atoms with E-state index in [9.17, 15) is 9.18 Å². The topological polar surface area (TPSA) is 40.5 Å². The fourth-order valence-corrected chi connectivity index (χ4v) is 2.58. The third kappa shape index (κ3) is 2.65. The van der Waals surface area contributed by atoms with Crippen molar-refractivity contribution in [2.45, 2.75) is 25.9 Å². The predicted molar refractivity (Wildman–Crippen MR) is 67.0 cm³/mol. The number of benzene rings is 1. The maximum atomic E-state index is 13.7. The van der Waals surface area contributed by atoms with Gasteiger partial charge in [0.2, 0.25) is 0 Å². The molecule has 0 bridgehead atoms. The zero-order valence-corrected chi connectivity index (χ0v) is 10.8. The number of halogens is 2. The van der Waals surface area contributed by atoms with Gasteiger partial charge in [0.1, 0.15) is 5.82 Å². The van der Waals surface area contributed by atoms with E-state index in [0.717, 1.165) is 0 Å². The van der Waals surface area contributed by atoms with Crippen molar-refractivity contribution >= 4 is 17.6 Å². The van der Waals surface area contributed by atoms with Crippen LogP contribution in [0.5, 0.6) is 0 Å². The van der Waals surface area contributed by atoms with Crippen molar-refractivity contribution in [3.05, 3.63) is 34.6 Å². The van der Waals surface area contributed by atoms with E-state index in [0.29, 0.717) is 30.1 Å². The molecular weight excluding hydrogens is 257 g/mol. The molecule has 0 radical (unpaired) electrons. The maximum absolute atomic E-state index is 13.7. The van der Waals surface area contributed by atoms with Gasteiger partial charge in [-0.3, -0.25) is 9.69 Å². The highest BCUT2D eigenvalue weighted by atomic mass is 35.5. The molecule has 1 aliphatic heterocycles. The molecule has 0 spiro atoms. The number of rotatable bonds is 3. The van der Waals surface area contributed by atoms with Crippen LogP contribution in [0.25, 0.3) is 0 Å². The highest BCUT2D eigenvalue weighted by Gasteiger charge is 2.35. The summed E-state index contributed by atoms with van der Waals surface area (Å²) in [7, 11) is 0. The van der Waals surface area contributed by atoms with Crippen molar-refractivity contribution < 1.29 is 14.3 Å². The Kier molecular flexibility index (Phi) is 3.88. The minimum atomic E-state index is -0.776. The summed E-state index contributed by atoms with van der Waals surface area (Å²) in [6.07, 6.45) is 0.617. The zero-order valence-electron chi connectivity index (χ0n) is 10.1. The van der Waals surface area contributed by atoms with E-state index in [1.54, 1.807) is 12.1 Å². The molecule has 98 valence electrons. The molecule has 0 aromatic heterocycles. The van der Waals surface area contributed by atoms with Gasteiger partial charge in [0.25, 0.3) is 0 Å². The lowest BCUT2D eigenvalue weighted by molar-refractivity contribution is -0.142. The highest BCUT2D eigenvalue weighted by Crippen LogP contribution is 2.27. The number of carboxylic acid groups (broad SMARTS) is 1. The summed E-state index contributed by atoms with van der Waals surface area (Å²) in [5.41, 5.74) is 0.553. The second kappa shape index (κ2) is 5.24. The Hall–Kier alpha value is -1.13. The van der Waals surface area contributed by atoms with Crippen LogP contribution in [0.3, 0.4) is 0 Å². The van der Waals surface area contributed by atoms with Crippen molar-refractivity contribution in [3.63, 3.8) is 0 Å². The molecule has 18 heavy (non-hydrogen) atoms. The van der Waals surface area contributed by atoms with Gasteiger partial charge in [-0.25, -0.2) is 4.39 Å². The smallest absolute Gasteiger partial charge is 0.308 e. The quantitative estimate of drug-likeness (QED) is 0.919. The third-order valence-electron chi connectivity index (χ3n) is 3.59. The summed E-state index contributed by atoms with van der Waals surface area (Å²) >= 11 is 5.70. The highest BCUT2D eigenvalue weighted by molar-refractivity contribution is 6.30. The SMILES string of the molecule is CC1C(C(=O)O)CCN1Cc1ccc(Cl)cc1F. The molecule has 0 amide bonds. The first-order chi connectivity index (χ1) is 8.49. The van der Waals surface area contributed by atoms with Crippen LogP contribution in [-0.4, -0.2) is 28.6 Å². The molecule has 2 atom stereocenters. The second-order valence-electron chi connectivity index (χ2n) is 4.68. The Morgan fingerprint density at radius 1 is 1.61 bits per heavy atom. The molecule has 0 aliphatic carbocycles. The standard InChI is InChI=1S/C13H15ClFNO2/c1-8-11(13(17)18)4-5-16(8)7-9-2-3-10(14)6-12(9)15/h2-3,6,8,11H,4-5,7H2,1H3,(H,17,18). The van der Waals surface area contributed by atoms with E-state index in [-0.39, 0.29) is 17.8 Å².